The Morgan fingerprint density at radius 1 is 0.811 bits per heavy atom. The van der Waals surface area contributed by atoms with Gasteiger partial charge >= 0.3 is 0 Å². The van der Waals surface area contributed by atoms with Crippen LogP contribution in [0.1, 0.15) is 82.3 Å². The number of hydrogen-bond acceptors (Lipinski definition) is 4. The van der Waals surface area contributed by atoms with E-state index in [4.69, 9.17) is 4.74 Å². The fourth-order valence-corrected chi connectivity index (χ4v) is 4.70. The number of benzene rings is 1. The van der Waals surface area contributed by atoms with Crippen LogP contribution in [-0.2, 0) is 17.6 Å². The summed E-state index contributed by atoms with van der Waals surface area (Å²) >= 11 is 0. The number of rotatable bonds is 16. The molecule has 6 heteroatoms. The molecule has 1 amide bonds. The number of ether oxygens (including phenoxy) is 1. The van der Waals surface area contributed by atoms with Gasteiger partial charge < -0.3 is 15.3 Å². The second-order valence-corrected chi connectivity index (χ2v) is 9.70. The summed E-state index contributed by atoms with van der Waals surface area (Å²) in [6.07, 6.45) is 19.3. The monoisotopic (exact) mass is 503 g/mol. The van der Waals surface area contributed by atoms with E-state index < -0.39 is 0 Å². The van der Waals surface area contributed by atoms with Crippen molar-refractivity contribution in [3.63, 3.8) is 0 Å². The Morgan fingerprint density at radius 3 is 1.92 bits per heavy atom. The van der Waals surface area contributed by atoms with Crippen molar-refractivity contribution in [3.05, 3.63) is 77.4 Å². The molecule has 0 bridgehead atoms. The number of aryl methyl sites for hydroxylation is 1. The Morgan fingerprint density at radius 2 is 1.35 bits per heavy atom. The molecule has 0 unspecified atom stereocenters. The topological polar surface area (TPSA) is 78.2 Å². The van der Waals surface area contributed by atoms with E-state index in [1.54, 1.807) is 13.3 Å². The third kappa shape index (κ3) is 9.87. The van der Waals surface area contributed by atoms with Gasteiger partial charge in [-0.05, 0) is 48.4 Å². The van der Waals surface area contributed by atoms with Crippen LogP contribution >= 0.6 is 0 Å². The lowest BCUT2D eigenvalue weighted by Gasteiger charge is -2.13. The van der Waals surface area contributed by atoms with E-state index in [-0.39, 0.29) is 5.91 Å². The van der Waals surface area contributed by atoms with Gasteiger partial charge in [-0.25, -0.2) is 4.98 Å². The van der Waals surface area contributed by atoms with Crippen LogP contribution in [-0.4, -0.2) is 18.0 Å². The second kappa shape index (κ2) is 15.6. The maximum absolute atomic E-state index is 11.5. The molecule has 0 aliphatic carbocycles. The van der Waals surface area contributed by atoms with Gasteiger partial charge in [0.15, 0.2) is 12.4 Å². The first-order chi connectivity index (χ1) is 18.1. The molecule has 0 aliphatic heterocycles. The minimum Gasteiger partial charge on any atom is -0.619 e. The van der Waals surface area contributed by atoms with Crippen molar-refractivity contribution in [2.24, 2.45) is 0 Å². The average Bonchev–Trinajstić information content (AvgIpc) is 2.90. The summed E-state index contributed by atoms with van der Waals surface area (Å²) in [5, 5.41) is 14.0. The number of nitrogens with zero attached hydrogens (tertiary/aromatic N) is 2. The normalized spacial score (nSPS) is 10.9. The molecule has 0 saturated carbocycles. The Labute approximate surface area is 221 Å². The molecule has 1 N–H and O–H groups in total. The van der Waals surface area contributed by atoms with E-state index in [1.165, 1.54) is 82.7 Å². The Kier molecular flexibility index (Phi) is 11.9. The Hall–Kier alpha value is -3.41. The van der Waals surface area contributed by atoms with Gasteiger partial charge in [-0.1, -0.05) is 75.6 Å². The lowest BCUT2D eigenvalue weighted by atomic mass is 10.0. The summed E-state index contributed by atoms with van der Waals surface area (Å²) in [4.78, 5) is 15.8. The molecule has 0 spiro atoms. The lowest BCUT2D eigenvalue weighted by molar-refractivity contribution is -0.605. The zero-order valence-electron chi connectivity index (χ0n) is 22.4. The van der Waals surface area contributed by atoms with E-state index in [9.17, 15) is 10.0 Å². The van der Waals surface area contributed by atoms with Crippen molar-refractivity contribution in [2.45, 2.75) is 84.0 Å². The van der Waals surface area contributed by atoms with Crippen molar-refractivity contribution in [1.29, 1.82) is 0 Å². The molecule has 0 saturated heterocycles. The van der Waals surface area contributed by atoms with Gasteiger partial charge in [-0.2, -0.15) is 4.73 Å². The van der Waals surface area contributed by atoms with E-state index in [2.05, 4.69) is 34.6 Å². The second-order valence-electron chi connectivity index (χ2n) is 9.70. The van der Waals surface area contributed by atoms with Crippen molar-refractivity contribution in [2.75, 3.05) is 12.4 Å². The first-order valence-electron chi connectivity index (χ1n) is 13.6. The average molecular weight is 504 g/mol. The fraction of sp³-hybridized carbons (Fsp3) is 0.452. The van der Waals surface area contributed by atoms with Crippen LogP contribution in [0.25, 0.3) is 11.1 Å². The maximum Gasteiger partial charge on any atom is 0.222 e. The smallest absolute Gasteiger partial charge is 0.222 e. The number of unbranched alkanes of at least 4 members (excludes halogenated alkanes) is 9. The highest BCUT2D eigenvalue weighted by molar-refractivity contribution is 5.88. The van der Waals surface area contributed by atoms with Crippen LogP contribution in [0.2, 0.25) is 0 Å². The number of aromatic nitrogens is 2. The molecule has 2 aromatic heterocycles. The molecule has 1 aromatic carbocycles. The van der Waals surface area contributed by atoms with Gasteiger partial charge in [-0.3, -0.25) is 4.79 Å². The molecule has 198 valence electrons. The van der Waals surface area contributed by atoms with Crippen LogP contribution in [0.4, 0.5) is 5.82 Å². The van der Waals surface area contributed by atoms with Gasteiger partial charge in [0.1, 0.15) is 11.6 Å². The minimum atomic E-state index is -0.111. The number of nitrogens with one attached hydrogen (secondary N) is 1. The van der Waals surface area contributed by atoms with E-state index >= 15 is 0 Å². The van der Waals surface area contributed by atoms with Crippen LogP contribution in [0, 0.1) is 5.21 Å². The van der Waals surface area contributed by atoms with Gasteiger partial charge in [-0.15, -0.1) is 0 Å². The molecule has 0 fully saturated rings. The highest BCUT2D eigenvalue weighted by Crippen LogP contribution is 2.26. The lowest BCUT2D eigenvalue weighted by Crippen LogP contribution is -2.23. The van der Waals surface area contributed by atoms with Crippen LogP contribution in [0.3, 0.4) is 0 Å². The zero-order chi connectivity index (χ0) is 26.3. The molecule has 6 nitrogen and oxygen atoms in total. The van der Waals surface area contributed by atoms with Gasteiger partial charge in [0.2, 0.25) is 5.91 Å². The number of amides is 1. The van der Waals surface area contributed by atoms with Crippen molar-refractivity contribution in [1.82, 2.24) is 4.98 Å². The standard InChI is InChI=1S/C31H41N3O3/c1-25(35)33-31-29(30(37-2)19-22-32-31)14-12-10-8-6-4-3-5-7-9-11-13-26-15-17-27(18-16-26)28-20-23-34(36)24-21-28/h15-24H,3-14H2,1-2H3,(H,32,33,35). The van der Waals surface area contributed by atoms with Crippen molar-refractivity contribution < 1.29 is 14.3 Å². The fourth-order valence-electron chi connectivity index (χ4n) is 4.70. The molecule has 2 heterocycles. The number of pyridine rings is 2. The molecule has 0 aliphatic rings. The molecular formula is C31H41N3O3. The number of carbonyl (C=O) groups is 1. The quantitative estimate of drug-likeness (QED) is 0.129. The maximum atomic E-state index is 11.5. The van der Waals surface area contributed by atoms with E-state index in [0.29, 0.717) is 5.82 Å². The Balaban J connectivity index is 1.21. The third-order valence-corrected chi connectivity index (χ3v) is 6.76. The van der Waals surface area contributed by atoms with Crippen molar-refractivity contribution in [3.8, 4) is 16.9 Å². The minimum absolute atomic E-state index is 0.111. The van der Waals surface area contributed by atoms with Gasteiger partial charge in [0, 0.05) is 30.8 Å². The van der Waals surface area contributed by atoms with Crippen LogP contribution in [0.5, 0.6) is 5.75 Å². The predicted molar refractivity (Wildman–Crippen MR) is 150 cm³/mol. The first-order valence-corrected chi connectivity index (χ1v) is 13.6. The van der Waals surface area contributed by atoms with Crippen LogP contribution in [0.15, 0.2) is 61.1 Å². The molecule has 0 radical (unpaired) electrons. The summed E-state index contributed by atoms with van der Waals surface area (Å²) in [5.41, 5.74) is 4.59. The SMILES string of the molecule is COc1ccnc(NC(C)=O)c1CCCCCCCCCCCCc1ccc(-c2cc[n+]([O-])cc2)cc1. The summed E-state index contributed by atoms with van der Waals surface area (Å²) in [7, 11) is 1.66. The number of carbonyl (C=O) groups excluding carboxylic acids is 1. The summed E-state index contributed by atoms with van der Waals surface area (Å²) in [5.74, 6) is 1.30. The summed E-state index contributed by atoms with van der Waals surface area (Å²) in [6, 6.07) is 14.3. The third-order valence-electron chi connectivity index (χ3n) is 6.76. The van der Waals surface area contributed by atoms with Gasteiger partial charge in [0.25, 0.3) is 0 Å². The number of methoxy groups -OCH3 is 1. The van der Waals surface area contributed by atoms with Gasteiger partial charge in [0.05, 0.1) is 7.11 Å². The zero-order valence-corrected chi connectivity index (χ0v) is 22.4. The highest BCUT2D eigenvalue weighted by atomic mass is 16.5. The van der Waals surface area contributed by atoms with Crippen molar-refractivity contribution >= 4 is 11.7 Å². The summed E-state index contributed by atoms with van der Waals surface area (Å²) in [6.45, 7) is 1.50. The van der Waals surface area contributed by atoms with E-state index in [1.807, 2.05) is 18.2 Å². The van der Waals surface area contributed by atoms with Crippen LogP contribution < -0.4 is 14.8 Å². The number of anilines is 1. The molecule has 37 heavy (non-hydrogen) atoms. The predicted octanol–water partition coefficient (Wildman–Crippen LogP) is 7.04. The highest BCUT2D eigenvalue weighted by Gasteiger charge is 2.11. The largest absolute Gasteiger partial charge is 0.619 e. The molecule has 0 atom stereocenters. The van der Waals surface area contributed by atoms with E-state index in [0.717, 1.165) is 46.4 Å². The molecular weight excluding hydrogens is 462 g/mol. The first kappa shape index (κ1) is 28.2. The summed E-state index contributed by atoms with van der Waals surface area (Å²) < 4.78 is 6.28. The Bertz CT molecular complexity index is 1080. The molecule has 3 rings (SSSR count). The number of hydrogen-bond donors (Lipinski definition) is 1. The molecule has 3 aromatic rings.